The number of nitrogens with zero attached hydrogens (tertiary/aromatic N) is 3. The van der Waals surface area contributed by atoms with Crippen molar-refractivity contribution < 1.29 is 19.3 Å². The lowest BCUT2D eigenvalue weighted by molar-refractivity contribution is -0.658. The number of hydrogen-bond donors (Lipinski definition) is 1. The molecule has 0 saturated carbocycles. The number of hydrogen-bond acceptors (Lipinski definition) is 5. The van der Waals surface area contributed by atoms with Crippen LogP contribution in [0.1, 0.15) is 38.2 Å². The fraction of sp³-hybridized carbons (Fsp3) is 0.409. The molecule has 2 heterocycles. The van der Waals surface area contributed by atoms with Crippen LogP contribution < -0.4 is 9.64 Å². The summed E-state index contributed by atoms with van der Waals surface area (Å²) in [6.07, 6.45) is 4.01. The summed E-state index contributed by atoms with van der Waals surface area (Å²) >= 11 is 0. The van der Waals surface area contributed by atoms with E-state index in [1.165, 1.54) is 12.1 Å². The van der Waals surface area contributed by atoms with Crippen LogP contribution >= 0.6 is 0 Å². The zero-order valence-corrected chi connectivity index (χ0v) is 16.6. The molecule has 7 nitrogen and oxygen atoms in total. The van der Waals surface area contributed by atoms with E-state index in [-0.39, 0.29) is 5.69 Å². The fourth-order valence-electron chi connectivity index (χ4n) is 4.31. The molecule has 2 aliphatic rings. The average molecular weight is 396 g/mol. The van der Waals surface area contributed by atoms with Crippen LogP contribution in [0.4, 0.5) is 11.4 Å². The molecule has 0 saturated heterocycles. The van der Waals surface area contributed by atoms with Crippen molar-refractivity contribution in [2.24, 2.45) is 0 Å². The Labute approximate surface area is 170 Å². The van der Waals surface area contributed by atoms with Crippen LogP contribution in [0.5, 0.6) is 5.75 Å². The van der Waals surface area contributed by atoms with Gasteiger partial charge in [0.2, 0.25) is 0 Å². The first-order valence-electron chi connectivity index (χ1n) is 10.1. The summed E-state index contributed by atoms with van der Waals surface area (Å²) in [5, 5.41) is 23.0. The van der Waals surface area contributed by atoms with E-state index in [1.807, 2.05) is 35.8 Å². The monoisotopic (exact) mass is 396 g/mol. The molecule has 0 amide bonds. The highest BCUT2D eigenvalue weighted by atomic mass is 16.6. The van der Waals surface area contributed by atoms with Crippen molar-refractivity contribution >= 4 is 17.2 Å². The zero-order chi connectivity index (χ0) is 20.4. The Hall–Kier alpha value is -2.93. The van der Waals surface area contributed by atoms with Gasteiger partial charge < -0.3 is 9.84 Å². The van der Waals surface area contributed by atoms with Crippen LogP contribution in [-0.4, -0.2) is 40.1 Å². The van der Waals surface area contributed by atoms with Crippen LogP contribution in [0.15, 0.2) is 48.5 Å². The number of rotatable bonds is 5. The predicted octanol–water partition coefficient (Wildman–Crippen LogP) is 3.64. The second-order valence-corrected chi connectivity index (χ2v) is 7.52. The molecule has 2 aliphatic heterocycles. The standard InChI is InChI=1S/C22H26N3O4/c1-2-29-20-12-10-18(11-13-20)23-16-22(26,24-14-5-3-4-9-21(23)24)17-7-6-8-19(15-17)25(27)28/h6-8,10-13,15,26H,2-5,9,14,16H2,1H3/q+1. The lowest BCUT2D eigenvalue weighted by Gasteiger charge is -2.23. The second kappa shape index (κ2) is 7.83. The van der Waals surface area contributed by atoms with Gasteiger partial charge in [-0.3, -0.25) is 10.1 Å². The molecule has 0 spiro atoms. The molecule has 4 rings (SSSR count). The Morgan fingerprint density at radius 3 is 2.72 bits per heavy atom. The van der Waals surface area contributed by atoms with Gasteiger partial charge in [0, 0.05) is 24.1 Å². The number of non-ortho nitro benzene ring substituents is 1. The highest BCUT2D eigenvalue weighted by Gasteiger charge is 2.52. The maximum absolute atomic E-state index is 11.8. The Kier molecular flexibility index (Phi) is 5.24. The Morgan fingerprint density at radius 1 is 1.21 bits per heavy atom. The van der Waals surface area contributed by atoms with Crippen LogP contribution in [-0.2, 0) is 5.72 Å². The smallest absolute Gasteiger partial charge is 0.271 e. The minimum Gasteiger partial charge on any atom is -0.494 e. The van der Waals surface area contributed by atoms with Crippen LogP contribution in [0.2, 0.25) is 0 Å². The molecule has 2 aromatic carbocycles. The normalized spacial score (nSPS) is 21.7. The van der Waals surface area contributed by atoms with Gasteiger partial charge in [0.15, 0.2) is 6.54 Å². The molecule has 0 bridgehead atoms. The van der Waals surface area contributed by atoms with Gasteiger partial charge in [0.05, 0.1) is 18.1 Å². The number of benzene rings is 2. The summed E-state index contributed by atoms with van der Waals surface area (Å²) in [6.45, 7) is 3.62. The zero-order valence-electron chi connectivity index (χ0n) is 16.6. The first-order valence-corrected chi connectivity index (χ1v) is 10.1. The Bertz CT molecular complexity index is 941. The fourth-order valence-corrected chi connectivity index (χ4v) is 4.31. The maximum atomic E-state index is 11.8. The molecule has 152 valence electrons. The number of ether oxygens (including phenoxy) is 1. The highest BCUT2D eigenvalue weighted by Crippen LogP contribution is 2.36. The number of nitro benzene ring substituents is 1. The minimum atomic E-state index is -1.30. The van der Waals surface area contributed by atoms with E-state index in [0.717, 1.165) is 49.5 Å². The van der Waals surface area contributed by atoms with E-state index in [9.17, 15) is 15.2 Å². The molecular weight excluding hydrogens is 370 g/mol. The van der Waals surface area contributed by atoms with Crippen LogP contribution in [0, 0.1) is 10.1 Å². The van der Waals surface area contributed by atoms with Gasteiger partial charge in [-0.1, -0.05) is 12.1 Å². The third-order valence-electron chi connectivity index (χ3n) is 5.71. The maximum Gasteiger partial charge on any atom is 0.271 e. The van der Waals surface area contributed by atoms with E-state index in [0.29, 0.717) is 18.7 Å². The highest BCUT2D eigenvalue weighted by molar-refractivity contribution is 5.96. The molecule has 0 radical (unpaired) electrons. The van der Waals surface area contributed by atoms with Crippen molar-refractivity contribution in [2.45, 2.75) is 38.3 Å². The van der Waals surface area contributed by atoms with Crippen molar-refractivity contribution in [1.82, 2.24) is 0 Å². The number of anilines is 1. The van der Waals surface area contributed by atoms with Gasteiger partial charge in [0.25, 0.3) is 17.2 Å². The van der Waals surface area contributed by atoms with Gasteiger partial charge in [0.1, 0.15) is 11.4 Å². The molecular formula is C22H26N3O4+. The molecule has 0 fully saturated rings. The molecule has 7 heteroatoms. The average Bonchev–Trinajstić information content (AvgIpc) is 2.88. The molecule has 29 heavy (non-hydrogen) atoms. The van der Waals surface area contributed by atoms with E-state index < -0.39 is 10.6 Å². The second-order valence-electron chi connectivity index (χ2n) is 7.52. The van der Waals surface area contributed by atoms with E-state index in [1.54, 1.807) is 12.1 Å². The number of nitro groups is 1. The van der Waals surface area contributed by atoms with Crippen molar-refractivity contribution in [3.63, 3.8) is 0 Å². The predicted molar refractivity (Wildman–Crippen MR) is 111 cm³/mol. The third-order valence-corrected chi connectivity index (χ3v) is 5.71. The van der Waals surface area contributed by atoms with E-state index >= 15 is 0 Å². The molecule has 1 atom stereocenters. The lowest BCUT2D eigenvalue weighted by Crippen LogP contribution is -2.41. The van der Waals surface area contributed by atoms with E-state index in [2.05, 4.69) is 4.90 Å². The summed E-state index contributed by atoms with van der Waals surface area (Å²) in [7, 11) is 0. The van der Waals surface area contributed by atoms with E-state index in [4.69, 9.17) is 4.74 Å². The van der Waals surface area contributed by atoms with Crippen molar-refractivity contribution in [3.8, 4) is 5.75 Å². The number of β-amino-alcohol motifs (C(OH)–C–C–N with tert-alkyl or cyclic N) is 1. The molecule has 1 N–H and O–H groups in total. The molecule has 2 aromatic rings. The summed E-state index contributed by atoms with van der Waals surface area (Å²) in [5.74, 6) is 1.88. The van der Waals surface area contributed by atoms with Crippen LogP contribution in [0.3, 0.4) is 0 Å². The number of amidine groups is 1. The quantitative estimate of drug-likeness (QED) is 0.474. The van der Waals surface area contributed by atoms with Gasteiger partial charge in [-0.25, -0.2) is 9.48 Å². The number of aliphatic hydroxyl groups is 1. The lowest BCUT2D eigenvalue weighted by atomic mass is 10.0. The summed E-state index contributed by atoms with van der Waals surface area (Å²) in [4.78, 5) is 13.0. The van der Waals surface area contributed by atoms with Gasteiger partial charge in [-0.15, -0.1) is 0 Å². The summed E-state index contributed by atoms with van der Waals surface area (Å²) in [6, 6.07) is 14.2. The Morgan fingerprint density at radius 2 is 2.00 bits per heavy atom. The molecule has 0 aromatic heterocycles. The first-order chi connectivity index (χ1) is 14.0. The topological polar surface area (TPSA) is 78.9 Å². The van der Waals surface area contributed by atoms with Crippen LogP contribution in [0.25, 0.3) is 0 Å². The summed E-state index contributed by atoms with van der Waals surface area (Å²) < 4.78 is 7.58. The largest absolute Gasteiger partial charge is 0.494 e. The third kappa shape index (κ3) is 3.58. The van der Waals surface area contributed by atoms with Crippen molar-refractivity contribution in [1.29, 1.82) is 0 Å². The first kappa shape index (κ1) is 19.4. The minimum absolute atomic E-state index is 0.00758. The van der Waals surface area contributed by atoms with Gasteiger partial charge >= 0.3 is 0 Å². The SMILES string of the molecule is CCOc1ccc(N2CC(O)(c3cccc([N+](=O)[O-])c3)[N+]3=C2CCCCC3)cc1. The summed E-state index contributed by atoms with van der Waals surface area (Å²) in [5.41, 5.74) is 0.229. The van der Waals surface area contributed by atoms with Crippen molar-refractivity contribution in [2.75, 3.05) is 24.6 Å². The molecule has 1 unspecified atom stereocenters. The molecule has 0 aliphatic carbocycles. The Balaban J connectivity index is 1.75. The van der Waals surface area contributed by atoms with Crippen molar-refractivity contribution in [3.05, 3.63) is 64.2 Å². The van der Waals surface area contributed by atoms with Gasteiger partial charge in [-0.2, -0.15) is 0 Å². The van der Waals surface area contributed by atoms with Gasteiger partial charge in [-0.05, 0) is 50.5 Å².